The minimum absolute atomic E-state index is 0. The van der Waals surface area contributed by atoms with Crippen molar-refractivity contribution in [2.75, 3.05) is 25.6 Å². The number of carbonyl (C=O) groups excluding carboxylic acids is 1. The van der Waals surface area contributed by atoms with Crippen LogP contribution in [0.2, 0.25) is 0 Å². The molecule has 0 radical (unpaired) electrons. The maximum absolute atomic E-state index is 14.8. The van der Waals surface area contributed by atoms with Crippen LogP contribution in [-0.2, 0) is 10.2 Å². The summed E-state index contributed by atoms with van der Waals surface area (Å²) >= 11 is 0. The smallest absolute Gasteiger partial charge is 0.264 e. The number of hydrogen-bond acceptors (Lipinski definition) is 3. The van der Waals surface area contributed by atoms with E-state index >= 15 is 0 Å². The van der Waals surface area contributed by atoms with Crippen molar-refractivity contribution >= 4 is 11.6 Å². The Bertz CT molecular complexity index is 880. The van der Waals surface area contributed by atoms with E-state index in [1.165, 1.54) is 16.5 Å². The molecule has 1 N–H and O–H groups in total. The molecule has 1 fully saturated rings. The molecule has 3 rings (SSSR count). The number of amides is 1. The molecule has 1 aliphatic rings. The second-order valence-corrected chi connectivity index (χ2v) is 9.22. The summed E-state index contributed by atoms with van der Waals surface area (Å²) in [6, 6.07) is 13.3. The minimum atomic E-state index is -0.243. The van der Waals surface area contributed by atoms with Crippen LogP contribution in [0.25, 0.3) is 0 Å². The molecule has 1 aliphatic carbocycles. The molecule has 2 aromatic carbocycles. The Morgan fingerprint density at radius 2 is 1.90 bits per heavy atom. The zero-order valence-corrected chi connectivity index (χ0v) is 18.7. The number of carbonyl (C=O) groups is 1. The van der Waals surface area contributed by atoms with Crippen molar-refractivity contribution in [2.45, 2.75) is 57.4 Å². The molecule has 164 valence electrons. The van der Waals surface area contributed by atoms with Crippen LogP contribution in [0, 0.1) is 5.82 Å². The number of nitrogens with zero attached hydrogens (tertiary/aromatic N) is 1. The van der Waals surface area contributed by atoms with E-state index in [-0.39, 0.29) is 31.1 Å². The Balaban J connectivity index is 0.00000341. The highest BCUT2D eigenvalue weighted by Gasteiger charge is 2.27. The molecule has 0 bridgehead atoms. The number of anilines is 1. The highest BCUT2D eigenvalue weighted by atomic mass is 19.1. The lowest BCUT2D eigenvalue weighted by Crippen LogP contribution is -2.31. The van der Waals surface area contributed by atoms with Crippen molar-refractivity contribution in [2.24, 2.45) is 0 Å². The SMILES string of the molecule is CNC1CCC(c2ccc(N(C)C(=O)COc3ccc(C(C)(C)C)cc3)cc2F)C1.[HH]. The molecule has 0 spiro atoms. The van der Waals surface area contributed by atoms with Crippen molar-refractivity contribution in [1.29, 1.82) is 0 Å². The molecule has 2 atom stereocenters. The Hall–Kier alpha value is -2.40. The molecule has 2 aromatic rings. The fourth-order valence-electron chi connectivity index (χ4n) is 4.02. The average molecular weight is 415 g/mol. The van der Waals surface area contributed by atoms with Gasteiger partial charge in [-0.1, -0.05) is 39.0 Å². The molecule has 0 heterocycles. The number of halogens is 1. The predicted octanol–water partition coefficient (Wildman–Crippen LogP) is 5.27. The number of hydrogen-bond donors (Lipinski definition) is 1. The van der Waals surface area contributed by atoms with E-state index in [0.717, 1.165) is 24.8 Å². The van der Waals surface area contributed by atoms with E-state index in [1.54, 1.807) is 7.05 Å². The summed E-state index contributed by atoms with van der Waals surface area (Å²) in [6.45, 7) is 6.35. The number of ether oxygens (including phenoxy) is 1. The van der Waals surface area contributed by atoms with Gasteiger partial charge in [0.25, 0.3) is 5.91 Å². The van der Waals surface area contributed by atoms with Crippen LogP contribution < -0.4 is 15.0 Å². The third-order valence-electron chi connectivity index (χ3n) is 6.11. The third kappa shape index (κ3) is 5.20. The van der Waals surface area contributed by atoms with Gasteiger partial charge in [-0.3, -0.25) is 4.79 Å². The molecule has 30 heavy (non-hydrogen) atoms. The maximum Gasteiger partial charge on any atom is 0.264 e. The molecule has 0 aliphatic heterocycles. The van der Waals surface area contributed by atoms with E-state index in [1.807, 2.05) is 43.4 Å². The van der Waals surface area contributed by atoms with Crippen molar-refractivity contribution in [3.8, 4) is 5.75 Å². The molecule has 0 aromatic heterocycles. The quantitative estimate of drug-likeness (QED) is 0.700. The molecule has 4 nitrogen and oxygen atoms in total. The van der Waals surface area contributed by atoms with Crippen molar-refractivity contribution in [3.05, 3.63) is 59.4 Å². The van der Waals surface area contributed by atoms with Gasteiger partial charge in [0.2, 0.25) is 0 Å². The molecule has 5 heteroatoms. The first-order valence-electron chi connectivity index (χ1n) is 10.7. The Kier molecular flexibility index (Phi) is 6.81. The lowest BCUT2D eigenvalue weighted by atomic mass is 9.87. The predicted molar refractivity (Wildman–Crippen MR) is 122 cm³/mol. The van der Waals surface area contributed by atoms with Gasteiger partial charge >= 0.3 is 0 Å². The van der Waals surface area contributed by atoms with Gasteiger partial charge in [0, 0.05) is 20.2 Å². The molecule has 1 amide bonds. The van der Waals surface area contributed by atoms with Crippen molar-refractivity contribution < 1.29 is 15.3 Å². The van der Waals surface area contributed by atoms with Crippen LogP contribution in [0.1, 0.15) is 58.5 Å². The van der Waals surface area contributed by atoms with E-state index in [4.69, 9.17) is 4.74 Å². The summed E-state index contributed by atoms with van der Waals surface area (Å²) in [5, 5.41) is 3.28. The highest BCUT2D eigenvalue weighted by molar-refractivity contribution is 5.93. The lowest BCUT2D eigenvalue weighted by Gasteiger charge is -2.21. The number of nitrogens with one attached hydrogen (secondary N) is 1. The normalized spacial score (nSPS) is 19.0. The van der Waals surface area contributed by atoms with Crippen LogP contribution in [0.3, 0.4) is 0 Å². The van der Waals surface area contributed by atoms with E-state index < -0.39 is 0 Å². The van der Waals surface area contributed by atoms with Crippen LogP contribution in [0.5, 0.6) is 5.75 Å². The van der Waals surface area contributed by atoms with Gasteiger partial charge in [-0.2, -0.15) is 0 Å². The first kappa shape index (κ1) is 22.3. The van der Waals surface area contributed by atoms with E-state index in [9.17, 15) is 9.18 Å². The molecule has 0 saturated heterocycles. The largest absolute Gasteiger partial charge is 0.484 e. The second kappa shape index (κ2) is 9.17. The first-order chi connectivity index (χ1) is 14.2. The fourth-order valence-corrected chi connectivity index (χ4v) is 4.02. The van der Waals surface area contributed by atoms with E-state index in [2.05, 4.69) is 26.1 Å². The second-order valence-electron chi connectivity index (χ2n) is 9.22. The average Bonchev–Trinajstić information content (AvgIpc) is 3.20. The zero-order valence-electron chi connectivity index (χ0n) is 18.7. The van der Waals surface area contributed by atoms with Crippen molar-refractivity contribution in [3.63, 3.8) is 0 Å². The Morgan fingerprint density at radius 1 is 1.20 bits per heavy atom. The standard InChI is InChI=1S/C25H33FN2O2.H2/c1-25(2,3)18-7-11-21(12-8-18)30-16-24(29)28(5)20-10-13-22(23(26)15-20)17-6-9-19(14-17)27-4;/h7-8,10-13,15,17,19,27H,6,9,14,16H2,1-5H3;1H. The van der Waals surface area contributed by atoms with Crippen LogP contribution in [0.15, 0.2) is 42.5 Å². The van der Waals surface area contributed by atoms with E-state index in [0.29, 0.717) is 17.5 Å². The highest BCUT2D eigenvalue weighted by Crippen LogP contribution is 2.36. The van der Waals surface area contributed by atoms with Gasteiger partial charge in [0.1, 0.15) is 11.6 Å². The lowest BCUT2D eigenvalue weighted by molar-refractivity contribution is -0.120. The van der Waals surface area contributed by atoms with Crippen molar-refractivity contribution in [1.82, 2.24) is 5.32 Å². The van der Waals surface area contributed by atoms with Gasteiger partial charge in [0.15, 0.2) is 6.61 Å². The summed E-state index contributed by atoms with van der Waals surface area (Å²) in [5.74, 6) is 0.411. The Morgan fingerprint density at radius 3 is 2.47 bits per heavy atom. The minimum Gasteiger partial charge on any atom is -0.484 e. The third-order valence-corrected chi connectivity index (χ3v) is 6.11. The van der Waals surface area contributed by atoms with Crippen LogP contribution in [0.4, 0.5) is 10.1 Å². The topological polar surface area (TPSA) is 41.6 Å². The number of rotatable bonds is 6. The van der Waals surface area contributed by atoms with Gasteiger partial charge in [-0.05, 0) is 73.0 Å². The monoisotopic (exact) mass is 414 g/mol. The zero-order chi connectivity index (χ0) is 21.9. The summed E-state index contributed by atoms with van der Waals surface area (Å²) in [7, 11) is 3.60. The molecular formula is C25H35FN2O2. The van der Waals surface area contributed by atoms with Gasteiger partial charge in [0.05, 0.1) is 0 Å². The van der Waals surface area contributed by atoms with Crippen LogP contribution in [-0.4, -0.2) is 32.7 Å². The number of likely N-dealkylation sites (N-methyl/N-ethyl adjacent to an activating group) is 1. The molecule has 1 saturated carbocycles. The summed E-state index contributed by atoms with van der Waals surface area (Å²) < 4.78 is 20.4. The van der Waals surface area contributed by atoms with Gasteiger partial charge < -0.3 is 15.0 Å². The first-order valence-corrected chi connectivity index (χ1v) is 10.7. The summed E-state index contributed by atoms with van der Waals surface area (Å²) in [5.41, 5.74) is 2.55. The molecule has 2 unspecified atom stereocenters. The maximum atomic E-state index is 14.8. The van der Waals surface area contributed by atoms with Crippen LogP contribution >= 0.6 is 0 Å². The Labute approximate surface area is 180 Å². The summed E-state index contributed by atoms with van der Waals surface area (Å²) in [4.78, 5) is 14.0. The fraction of sp³-hybridized carbons (Fsp3) is 0.480. The number of benzene rings is 2. The van der Waals surface area contributed by atoms with Gasteiger partial charge in [-0.15, -0.1) is 0 Å². The molecular weight excluding hydrogens is 379 g/mol. The van der Waals surface area contributed by atoms with Gasteiger partial charge in [-0.25, -0.2) is 4.39 Å². The summed E-state index contributed by atoms with van der Waals surface area (Å²) in [6.07, 6.45) is 3.00.